The number of hydrogen-bond donors (Lipinski definition) is 1. The maximum absolute atomic E-state index is 12.1. The molecule has 0 saturated heterocycles. The van der Waals surface area contributed by atoms with E-state index in [0.717, 1.165) is 11.3 Å². The number of phenolic OH excluding ortho intramolecular Hbond substituents is 1. The van der Waals surface area contributed by atoms with Crippen molar-refractivity contribution in [2.24, 2.45) is 0 Å². The average Bonchev–Trinajstić information content (AvgIpc) is 2.47. The number of phenols is 1. The van der Waals surface area contributed by atoms with Gasteiger partial charge in [0.05, 0.1) is 5.56 Å². The van der Waals surface area contributed by atoms with Gasteiger partial charge in [0.25, 0.3) is 0 Å². The molecule has 2 aromatic rings. The van der Waals surface area contributed by atoms with Crippen LogP contribution in [-0.2, 0) is 0 Å². The van der Waals surface area contributed by atoms with Gasteiger partial charge in [-0.05, 0) is 42.0 Å². The van der Waals surface area contributed by atoms with Gasteiger partial charge in [0.15, 0.2) is 5.78 Å². The Hall–Kier alpha value is -2.26. The highest BCUT2D eigenvalue weighted by Crippen LogP contribution is 2.22. The van der Waals surface area contributed by atoms with E-state index < -0.39 is 0 Å². The predicted octanol–water partition coefficient (Wildman–Crippen LogP) is 4.01. The molecular formula is C17H16ClNO2. The van der Waals surface area contributed by atoms with Crippen LogP contribution in [0.5, 0.6) is 5.75 Å². The van der Waals surface area contributed by atoms with E-state index in [4.69, 9.17) is 11.6 Å². The van der Waals surface area contributed by atoms with Crippen molar-refractivity contribution in [3.05, 3.63) is 64.7 Å². The summed E-state index contributed by atoms with van der Waals surface area (Å²) in [7, 11) is 3.94. The predicted molar refractivity (Wildman–Crippen MR) is 87.3 cm³/mol. The minimum absolute atomic E-state index is 0.0722. The van der Waals surface area contributed by atoms with Crippen LogP contribution in [0.1, 0.15) is 15.9 Å². The molecule has 108 valence electrons. The Morgan fingerprint density at radius 3 is 2.43 bits per heavy atom. The molecule has 21 heavy (non-hydrogen) atoms. The number of nitrogens with zero attached hydrogens (tertiary/aromatic N) is 1. The van der Waals surface area contributed by atoms with E-state index in [1.54, 1.807) is 6.08 Å². The summed E-state index contributed by atoms with van der Waals surface area (Å²) in [6.45, 7) is 0. The van der Waals surface area contributed by atoms with Crippen LogP contribution in [0.4, 0.5) is 5.69 Å². The maximum Gasteiger partial charge on any atom is 0.189 e. The first-order valence-corrected chi connectivity index (χ1v) is 6.83. The van der Waals surface area contributed by atoms with Gasteiger partial charge in [-0.25, -0.2) is 0 Å². The van der Waals surface area contributed by atoms with Crippen LogP contribution in [0.25, 0.3) is 6.08 Å². The molecule has 0 fully saturated rings. The number of carbonyl (C=O) groups excluding carboxylic acids is 1. The fourth-order valence-electron chi connectivity index (χ4n) is 1.85. The maximum atomic E-state index is 12.1. The second-order valence-corrected chi connectivity index (χ2v) is 5.28. The molecule has 0 atom stereocenters. The van der Waals surface area contributed by atoms with E-state index >= 15 is 0 Å². The number of anilines is 1. The van der Waals surface area contributed by atoms with E-state index in [-0.39, 0.29) is 17.1 Å². The normalized spacial score (nSPS) is 10.8. The van der Waals surface area contributed by atoms with Gasteiger partial charge in [0.1, 0.15) is 5.75 Å². The van der Waals surface area contributed by atoms with E-state index in [0.29, 0.717) is 5.02 Å². The molecule has 2 aromatic carbocycles. The zero-order valence-electron chi connectivity index (χ0n) is 11.9. The molecule has 3 nitrogen and oxygen atoms in total. The number of allylic oxidation sites excluding steroid dienone is 1. The lowest BCUT2D eigenvalue weighted by Gasteiger charge is -2.11. The first kappa shape index (κ1) is 15.1. The molecule has 0 aromatic heterocycles. The van der Waals surface area contributed by atoms with Gasteiger partial charge in [-0.1, -0.05) is 29.8 Å². The molecule has 0 heterocycles. The number of halogens is 1. The Morgan fingerprint density at radius 2 is 1.81 bits per heavy atom. The zero-order valence-corrected chi connectivity index (χ0v) is 12.6. The first-order valence-electron chi connectivity index (χ1n) is 6.45. The number of aromatic hydroxyl groups is 1. The summed E-state index contributed by atoms with van der Waals surface area (Å²) in [6, 6.07) is 12.2. The molecule has 0 aliphatic rings. The largest absolute Gasteiger partial charge is 0.507 e. The Morgan fingerprint density at radius 1 is 1.14 bits per heavy atom. The molecule has 0 aliphatic carbocycles. The lowest BCUT2D eigenvalue weighted by atomic mass is 10.1. The molecule has 0 saturated carbocycles. The fraction of sp³-hybridized carbons (Fsp3) is 0.118. The Bertz CT molecular complexity index is 676. The second kappa shape index (κ2) is 6.46. The van der Waals surface area contributed by atoms with Crippen molar-refractivity contribution >= 4 is 29.1 Å². The van der Waals surface area contributed by atoms with Crippen LogP contribution in [0.2, 0.25) is 5.02 Å². The van der Waals surface area contributed by atoms with E-state index in [1.807, 2.05) is 43.3 Å². The van der Waals surface area contributed by atoms with Crippen molar-refractivity contribution in [1.82, 2.24) is 0 Å². The first-order chi connectivity index (χ1) is 9.97. The molecule has 0 radical (unpaired) electrons. The second-order valence-electron chi connectivity index (χ2n) is 4.85. The Labute approximate surface area is 129 Å². The van der Waals surface area contributed by atoms with Crippen LogP contribution < -0.4 is 4.90 Å². The molecule has 0 bridgehead atoms. The third-order valence-corrected chi connectivity index (χ3v) is 3.30. The third-order valence-electron chi connectivity index (χ3n) is 3.06. The molecular weight excluding hydrogens is 286 g/mol. The highest BCUT2D eigenvalue weighted by atomic mass is 35.5. The van der Waals surface area contributed by atoms with E-state index in [2.05, 4.69) is 0 Å². The standard InChI is InChI=1S/C17H16ClNO2/c1-19(2)14-7-3-12(4-8-14)5-9-16(20)15-11-13(18)6-10-17(15)21/h3-11,21H,1-2H3. The summed E-state index contributed by atoms with van der Waals surface area (Å²) in [5, 5.41) is 10.1. The highest BCUT2D eigenvalue weighted by molar-refractivity contribution is 6.31. The van der Waals surface area contributed by atoms with E-state index in [9.17, 15) is 9.90 Å². The number of ketones is 1. The number of benzene rings is 2. The van der Waals surface area contributed by atoms with Gasteiger partial charge in [0.2, 0.25) is 0 Å². The van der Waals surface area contributed by atoms with Crippen molar-refractivity contribution in [2.45, 2.75) is 0 Å². The van der Waals surface area contributed by atoms with Gasteiger partial charge >= 0.3 is 0 Å². The van der Waals surface area contributed by atoms with E-state index in [1.165, 1.54) is 24.3 Å². The van der Waals surface area contributed by atoms with Gasteiger partial charge < -0.3 is 10.0 Å². The lowest BCUT2D eigenvalue weighted by molar-refractivity contribution is 0.104. The molecule has 0 amide bonds. The molecule has 2 rings (SSSR count). The van der Waals surface area contributed by atoms with Crippen molar-refractivity contribution in [3.8, 4) is 5.75 Å². The average molecular weight is 302 g/mol. The summed E-state index contributed by atoms with van der Waals surface area (Å²) < 4.78 is 0. The molecule has 0 spiro atoms. The Kier molecular flexibility index (Phi) is 4.66. The topological polar surface area (TPSA) is 40.5 Å². The SMILES string of the molecule is CN(C)c1ccc(C=CC(=O)c2cc(Cl)ccc2O)cc1. The van der Waals surface area contributed by atoms with Gasteiger partial charge in [-0.2, -0.15) is 0 Å². The smallest absolute Gasteiger partial charge is 0.189 e. The van der Waals surface area contributed by atoms with Crippen molar-refractivity contribution in [2.75, 3.05) is 19.0 Å². The Balaban J connectivity index is 2.16. The summed E-state index contributed by atoms with van der Waals surface area (Å²) in [5.41, 5.74) is 2.20. The van der Waals surface area contributed by atoms with Gasteiger partial charge in [-0.15, -0.1) is 0 Å². The quantitative estimate of drug-likeness (QED) is 0.685. The molecule has 1 N–H and O–H groups in total. The van der Waals surface area contributed by atoms with Crippen LogP contribution in [0.3, 0.4) is 0 Å². The van der Waals surface area contributed by atoms with Crippen LogP contribution >= 0.6 is 11.6 Å². The third kappa shape index (κ3) is 3.86. The fourth-order valence-corrected chi connectivity index (χ4v) is 2.02. The van der Waals surface area contributed by atoms with Gasteiger partial charge in [0, 0.05) is 24.8 Å². The summed E-state index contributed by atoms with van der Waals surface area (Å²) in [5.74, 6) is -0.358. The van der Waals surface area contributed by atoms with Crippen LogP contribution in [0.15, 0.2) is 48.5 Å². The van der Waals surface area contributed by atoms with Crippen LogP contribution in [-0.4, -0.2) is 25.0 Å². The lowest BCUT2D eigenvalue weighted by Crippen LogP contribution is -2.07. The zero-order chi connectivity index (χ0) is 15.4. The summed E-state index contributed by atoms with van der Waals surface area (Å²) in [6.07, 6.45) is 3.14. The van der Waals surface area contributed by atoms with Crippen molar-refractivity contribution in [1.29, 1.82) is 0 Å². The number of hydrogen-bond acceptors (Lipinski definition) is 3. The molecule has 0 aliphatic heterocycles. The number of rotatable bonds is 4. The van der Waals surface area contributed by atoms with Gasteiger partial charge in [-0.3, -0.25) is 4.79 Å². The summed E-state index contributed by atoms with van der Waals surface area (Å²) >= 11 is 5.83. The molecule has 0 unspecified atom stereocenters. The highest BCUT2D eigenvalue weighted by Gasteiger charge is 2.08. The number of carbonyl (C=O) groups is 1. The molecule has 4 heteroatoms. The van der Waals surface area contributed by atoms with Crippen molar-refractivity contribution in [3.63, 3.8) is 0 Å². The minimum Gasteiger partial charge on any atom is -0.507 e. The minimum atomic E-state index is -0.285. The van der Waals surface area contributed by atoms with Crippen molar-refractivity contribution < 1.29 is 9.90 Å². The van der Waals surface area contributed by atoms with Crippen LogP contribution in [0, 0.1) is 0 Å². The summed E-state index contributed by atoms with van der Waals surface area (Å²) in [4.78, 5) is 14.1. The monoisotopic (exact) mass is 301 g/mol.